The molecule has 1 aromatic carbocycles. The molecular weight excluding hydrogens is 344 g/mol. The third-order valence-corrected chi connectivity index (χ3v) is 3.85. The molecule has 2 aromatic heterocycles. The lowest BCUT2D eigenvalue weighted by atomic mass is 10.1. The summed E-state index contributed by atoms with van der Waals surface area (Å²) in [5, 5.41) is 12.1. The molecule has 2 N–H and O–H groups in total. The Balaban J connectivity index is 1.91. The smallest absolute Gasteiger partial charge is 0.258 e. The van der Waals surface area contributed by atoms with Crippen molar-refractivity contribution in [1.82, 2.24) is 4.98 Å². The lowest BCUT2D eigenvalue weighted by Crippen LogP contribution is -2.13. The number of pyridine rings is 1. The zero-order valence-corrected chi connectivity index (χ0v) is 14.1. The molecule has 0 aliphatic heterocycles. The number of aliphatic hydroxyl groups is 1. The topological polar surface area (TPSA) is 84.6 Å². The van der Waals surface area contributed by atoms with Crippen molar-refractivity contribution >= 4 is 23.2 Å². The van der Waals surface area contributed by atoms with Crippen LogP contribution in [-0.4, -0.2) is 23.1 Å². The number of hydrogen-bond donors (Lipinski definition) is 2. The molecule has 0 unspecified atom stereocenters. The fourth-order valence-electron chi connectivity index (χ4n) is 2.34. The van der Waals surface area contributed by atoms with Crippen LogP contribution in [0, 0.1) is 0 Å². The summed E-state index contributed by atoms with van der Waals surface area (Å²) in [7, 11) is 1.54. The molecule has 0 saturated heterocycles. The van der Waals surface area contributed by atoms with E-state index in [0.717, 1.165) is 0 Å². The molecule has 0 fully saturated rings. The summed E-state index contributed by atoms with van der Waals surface area (Å²) in [6.45, 7) is -0.196. The summed E-state index contributed by atoms with van der Waals surface area (Å²) >= 11 is 5.95. The highest BCUT2D eigenvalue weighted by molar-refractivity contribution is 6.33. The van der Waals surface area contributed by atoms with Gasteiger partial charge in [0.25, 0.3) is 5.91 Å². The fourth-order valence-corrected chi connectivity index (χ4v) is 2.54. The van der Waals surface area contributed by atoms with Gasteiger partial charge >= 0.3 is 0 Å². The predicted molar refractivity (Wildman–Crippen MR) is 93.8 cm³/mol. The van der Waals surface area contributed by atoms with E-state index in [2.05, 4.69) is 10.3 Å². The molecule has 0 saturated carbocycles. The van der Waals surface area contributed by atoms with Crippen molar-refractivity contribution in [3.8, 4) is 17.1 Å². The highest BCUT2D eigenvalue weighted by Gasteiger charge is 2.15. The molecule has 6 nitrogen and oxygen atoms in total. The van der Waals surface area contributed by atoms with Crippen molar-refractivity contribution in [3.63, 3.8) is 0 Å². The maximum absolute atomic E-state index is 12.4. The molecular formula is C18H15ClN2O4. The minimum atomic E-state index is -0.371. The van der Waals surface area contributed by atoms with Crippen LogP contribution in [0.3, 0.4) is 0 Å². The largest absolute Gasteiger partial charge is 0.496 e. The van der Waals surface area contributed by atoms with E-state index >= 15 is 0 Å². The van der Waals surface area contributed by atoms with E-state index in [1.807, 2.05) is 0 Å². The number of amides is 1. The van der Waals surface area contributed by atoms with Gasteiger partial charge in [-0.05, 0) is 42.5 Å². The van der Waals surface area contributed by atoms with Crippen LogP contribution < -0.4 is 10.1 Å². The second-order valence-electron chi connectivity index (χ2n) is 5.14. The van der Waals surface area contributed by atoms with Crippen molar-refractivity contribution in [3.05, 3.63) is 65.1 Å². The van der Waals surface area contributed by atoms with E-state index in [0.29, 0.717) is 28.5 Å². The molecule has 25 heavy (non-hydrogen) atoms. The zero-order valence-electron chi connectivity index (χ0n) is 13.3. The third kappa shape index (κ3) is 3.65. The number of halogens is 1. The average Bonchev–Trinajstić information content (AvgIpc) is 3.11. The fraction of sp³-hybridized carbons (Fsp3) is 0.111. The maximum atomic E-state index is 12.4. The maximum Gasteiger partial charge on any atom is 0.258 e. The van der Waals surface area contributed by atoms with Gasteiger partial charge in [0.05, 0.1) is 18.2 Å². The average molecular weight is 359 g/mol. The Morgan fingerprint density at radius 1 is 1.32 bits per heavy atom. The van der Waals surface area contributed by atoms with E-state index < -0.39 is 0 Å². The van der Waals surface area contributed by atoms with Crippen molar-refractivity contribution in [2.75, 3.05) is 12.4 Å². The quantitative estimate of drug-likeness (QED) is 0.678. The number of aromatic nitrogens is 1. The van der Waals surface area contributed by atoms with Gasteiger partial charge in [-0.1, -0.05) is 11.6 Å². The lowest BCUT2D eigenvalue weighted by Gasteiger charge is -2.11. The number of nitrogens with one attached hydrogen (secondary N) is 1. The molecule has 3 rings (SSSR count). The van der Waals surface area contributed by atoms with E-state index in [1.165, 1.54) is 6.20 Å². The molecule has 0 aliphatic rings. The minimum absolute atomic E-state index is 0.132. The Morgan fingerprint density at radius 2 is 2.16 bits per heavy atom. The number of methoxy groups -OCH3 is 1. The van der Waals surface area contributed by atoms with Crippen LogP contribution in [0.5, 0.6) is 5.75 Å². The van der Waals surface area contributed by atoms with E-state index in [9.17, 15) is 4.79 Å². The summed E-state index contributed by atoms with van der Waals surface area (Å²) in [5.74, 6) is 1.17. The van der Waals surface area contributed by atoms with Crippen molar-refractivity contribution in [2.24, 2.45) is 0 Å². The van der Waals surface area contributed by atoms with E-state index in [-0.39, 0.29) is 23.2 Å². The van der Waals surface area contributed by atoms with Crippen LogP contribution in [0.2, 0.25) is 5.15 Å². The SMILES string of the molecule is COc1ccc(NC(=O)c2cccnc2Cl)cc1-c1ccc(CO)o1. The number of carbonyl (C=O) groups is 1. The van der Waals surface area contributed by atoms with Crippen LogP contribution in [0.15, 0.2) is 53.1 Å². The molecule has 0 spiro atoms. The molecule has 128 valence electrons. The van der Waals surface area contributed by atoms with Crippen LogP contribution in [0.25, 0.3) is 11.3 Å². The number of benzene rings is 1. The van der Waals surface area contributed by atoms with Gasteiger partial charge in [0.15, 0.2) is 0 Å². The van der Waals surface area contributed by atoms with Gasteiger partial charge in [-0.2, -0.15) is 0 Å². The van der Waals surface area contributed by atoms with Gasteiger partial charge in [0, 0.05) is 11.9 Å². The summed E-state index contributed by atoms with van der Waals surface area (Å²) in [6, 6.07) is 11.8. The van der Waals surface area contributed by atoms with Gasteiger partial charge in [0.2, 0.25) is 0 Å². The monoisotopic (exact) mass is 358 g/mol. The molecule has 7 heteroatoms. The molecule has 0 aliphatic carbocycles. The first-order chi connectivity index (χ1) is 12.1. The Hall–Kier alpha value is -2.83. The number of ether oxygens (including phenoxy) is 1. The van der Waals surface area contributed by atoms with Crippen LogP contribution in [0.4, 0.5) is 5.69 Å². The van der Waals surface area contributed by atoms with Crippen molar-refractivity contribution < 1.29 is 19.1 Å². The summed E-state index contributed by atoms with van der Waals surface area (Å²) in [5.41, 5.74) is 1.47. The first kappa shape index (κ1) is 17.0. The zero-order chi connectivity index (χ0) is 17.8. The second-order valence-corrected chi connectivity index (χ2v) is 5.49. The number of anilines is 1. The van der Waals surface area contributed by atoms with Gasteiger partial charge in [-0.15, -0.1) is 0 Å². The lowest BCUT2D eigenvalue weighted by molar-refractivity contribution is 0.102. The molecule has 0 radical (unpaired) electrons. The highest BCUT2D eigenvalue weighted by atomic mass is 35.5. The standard InChI is InChI=1S/C18H15ClN2O4/c1-24-15-6-4-11(9-14(15)16-7-5-12(10-22)25-16)21-18(23)13-3-2-8-20-17(13)19/h2-9,22H,10H2,1H3,(H,21,23). The highest BCUT2D eigenvalue weighted by Crippen LogP contribution is 2.34. The summed E-state index contributed by atoms with van der Waals surface area (Å²) in [4.78, 5) is 16.3. The Kier molecular flexibility index (Phi) is 5.02. The van der Waals surface area contributed by atoms with Gasteiger partial charge in [-0.3, -0.25) is 4.79 Å². The normalized spacial score (nSPS) is 10.5. The third-order valence-electron chi connectivity index (χ3n) is 3.54. The summed E-state index contributed by atoms with van der Waals surface area (Å²) in [6.07, 6.45) is 1.51. The molecule has 0 atom stereocenters. The molecule has 3 aromatic rings. The molecule has 0 bridgehead atoms. The minimum Gasteiger partial charge on any atom is -0.496 e. The van der Waals surface area contributed by atoms with Crippen LogP contribution in [-0.2, 0) is 6.61 Å². The number of carbonyl (C=O) groups excluding carboxylic acids is 1. The van der Waals surface area contributed by atoms with Gasteiger partial charge in [0.1, 0.15) is 29.0 Å². The predicted octanol–water partition coefficient (Wildman–Crippen LogP) is 3.75. The number of hydrogen-bond acceptors (Lipinski definition) is 5. The second kappa shape index (κ2) is 7.38. The molecule has 1 amide bonds. The first-order valence-electron chi connectivity index (χ1n) is 7.42. The number of nitrogens with zero attached hydrogens (tertiary/aromatic N) is 1. The first-order valence-corrected chi connectivity index (χ1v) is 7.80. The number of furan rings is 1. The Bertz CT molecular complexity index is 908. The Labute approximate surface area is 149 Å². The number of aliphatic hydroxyl groups excluding tert-OH is 1. The molecule has 2 heterocycles. The van der Waals surface area contributed by atoms with Crippen LogP contribution in [0.1, 0.15) is 16.1 Å². The van der Waals surface area contributed by atoms with E-state index in [4.69, 9.17) is 25.9 Å². The van der Waals surface area contributed by atoms with Crippen molar-refractivity contribution in [1.29, 1.82) is 0 Å². The Morgan fingerprint density at radius 3 is 2.84 bits per heavy atom. The van der Waals surface area contributed by atoms with Crippen molar-refractivity contribution in [2.45, 2.75) is 6.61 Å². The number of rotatable bonds is 5. The van der Waals surface area contributed by atoms with Crippen LogP contribution >= 0.6 is 11.6 Å². The van der Waals surface area contributed by atoms with Gasteiger partial charge in [-0.25, -0.2) is 4.98 Å². The summed E-state index contributed by atoms with van der Waals surface area (Å²) < 4.78 is 10.9. The van der Waals surface area contributed by atoms with Gasteiger partial charge < -0.3 is 19.6 Å². The van der Waals surface area contributed by atoms with E-state index in [1.54, 1.807) is 49.6 Å².